The minimum absolute atomic E-state index is 0.0147. The molecule has 0 bridgehead atoms. The van der Waals surface area contributed by atoms with Crippen LogP contribution in [0.5, 0.6) is 0 Å². The SMILES string of the molecule is CCOC(=O)/C(C#N)=C/c1c(C)ccc2c1cnn2C1CCCCO1. The summed E-state index contributed by atoms with van der Waals surface area (Å²) in [5, 5.41) is 14.7. The predicted molar refractivity (Wildman–Crippen MR) is 93.5 cm³/mol. The highest BCUT2D eigenvalue weighted by atomic mass is 16.5. The van der Waals surface area contributed by atoms with E-state index in [1.165, 1.54) is 0 Å². The molecule has 6 heteroatoms. The highest BCUT2D eigenvalue weighted by Crippen LogP contribution is 2.30. The molecule has 0 N–H and O–H groups in total. The van der Waals surface area contributed by atoms with E-state index in [2.05, 4.69) is 5.10 Å². The summed E-state index contributed by atoms with van der Waals surface area (Å²) in [7, 11) is 0. The van der Waals surface area contributed by atoms with Crippen molar-refractivity contribution in [1.29, 1.82) is 5.26 Å². The summed E-state index contributed by atoms with van der Waals surface area (Å²) in [6, 6.07) is 5.90. The largest absolute Gasteiger partial charge is 0.462 e. The van der Waals surface area contributed by atoms with E-state index in [1.807, 2.05) is 29.8 Å². The fourth-order valence-corrected chi connectivity index (χ4v) is 3.08. The van der Waals surface area contributed by atoms with Crippen molar-refractivity contribution in [1.82, 2.24) is 9.78 Å². The minimum Gasteiger partial charge on any atom is -0.462 e. The van der Waals surface area contributed by atoms with Crippen molar-refractivity contribution in [3.8, 4) is 6.07 Å². The Kier molecular flexibility index (Phi) is 5.15. The van der Waals surface area contributed by atoms with Crippen LogP contribution < -0.4 is 0 Å². The summed E-state index contributed by atoms with van der Waals surface area (Å²) < 4.78 is 12.7. The highest BCUT2D eigenvalue weighted by molar-refractivity contribution is 6.01. The molecule has 130 valence electrons. The predicted octanol–water partition coefficient (Wildman–Crippen LogP) is 3.51. The molecule has 25 heavy (non-hydrogen) atoms. The van der Waals surface area contributed by atoms with E-state index < -0.39 is 5.97 Å². The molecule has 2 aromatic rings. The number of ether oxygens (including phenoxy) is 2. The molecule has 1 aliphatic rings. The third-order valence-electron chi connectivity index (χ3n) is 4.37. The van der Waals surface area contributed by atoms with Crippen LogP contribution in [0.25, 0.3) is 17.0 Å². The lowest BCUT2D eigenvalue weighted by Gasteiger charge is -2.23. The van der Waals surface area contributed by atoms with Crippen molar-refractivity contribution in [3.63, 3.8) is 0 Å². The van der Waals surface area contributed by atoms with Crippen LogP contribution in [-0.2, 0) is 14.3 Å². The molecule has 1 unspecified atom stereocenters. The van der Waals surface area contributed by atoms with Crippen LogP contribution >= 0.6 is 0 Å². The zero-order valence-electron chi connectivity index (χ0n) is 14.5. The molecule has 0 amide bonds. The topological polar surface area (TPSA) is 77.1 Å². The van der Waals surface area contributed by atoms with Crippen molar-refractivity contribution in [2.45, 2.75) is 39.3 Å². The Morgan fingerprint density at radius 3 is 3.04 bits per heavy atom. The van der Waals surface area contributed by atoms with Gasteiger partial charge >= 0.3 is 5.97 Å². The number of esters is 1. The molecule has 1 fully saturated rings. The molecule has 6 nitrogen and oxygen atoms in total. The number of hydrogen-bond donors (Lipinski definition) is 0. The van der Waals surface area contributed by atoms with Gasteiger partial charge in [0, 0.05) is 12.0 Å². The van der Waals surface area contributed by atoms with Crippen molar-refractivity contribution >= 4 is 22.9 Å². The smallest absolute Gasteiger partial charge is 0.348 e. The lowest BCUT2D eigenvalue weighted by atomic mass is 10.0. The molecular weight excluding hydrogens is 318 g/mol. The van der Waals surface area contributed by atoms with Gasteiger partial charge in [0.05, 0.1) is 18.3 Å². The van der Waals surface area contributed by atoms with Gasteiger partial charge in [0.15, 0.2) is 6.23 Å². The molecule has 0 aliphatic carbocycles. The molecule has 1 atom stereocenters. The first-order chi connectivity index (χ1) is 12.2. The van der Waals surface area contributed by atoms with Crippen LogP contribution in [0.3, 0.4) is 0 Å². The fourth-order valence-electron chi connectivity index (χ4n) is 3.08. The number of rotatable bonds is 4. The molecule has 0 spiro atoms. The average molecular weight is 339 g/mol. The van der Waals surface area contributed by atoms with Crippen LogP contribution in [0.1, 0.15) is 43.5 Å². The van der Waals surface area contributed by atoms with Gasteiger partial charge in [-0.2, -0.15) is 10.4 Å². The molecular formula is C19H21N3O3. The van der Waals surface area contributed by atoms with Gasteiger partial charge in [0.1, 0.15) is 11.6 Å². The second kappa shape index (κ2) is 7.49. The molecule has 1 saturated heterocycles. The Balaban J connectivity index is 2.06. The molecule has 2 heterocycles. The first-order valence-corrected chi connectivity index (χ1v) is 8.53. The number of aryl methyl sites for hydroxylation is 1. The van der Waals surface area contributed by atoms with Crippen LogP contribution in [-0.4, -0.2) is 29.0 Å². The Labute approximate surface area is 146 Å². The zero-order chi connectivity index (χ0) is 17.8. The normalized spacial score (nSPS) is 18.1. The van der Waals surface area contributed by atoms with Crippen molar-refractivity contribution in [2.24, 2.45) is 0 Å². The maximum atomic E-state index is 11.9. The van der Waals surface area contributed by atoms with Gasteiger partial charge < -0.3 is 9.47 Å². The Bertz CT molecular complexity index is 855. The first-order valence-electron chi connectivity index (χ1n) is 8.53. The molecule has 1 aromatic carbocycles. The molecule has 3 rings (SSSR count). The molecule has 1 aromatic heterocycles. The van der Waals surface area contributed by atoms with Crippen molar-refractivity contribution < 1.29 is 14.3 Å². The highest BCUT2D eigenvalue weighted by Gasteiger charge is 2.20. The summed E-state index contributed by atoms with van der Waals surface area (Å²) >= 11 is 0. The van der Waals surface area contributed by atoms with E-state index in [0.29, 0.717) is 0 Å². The number of fused-ring (bicyclic) bond motifs is 1. The molecule has 0 saturated carbocycles. The summed E-state index contributed by atoms with van der Waals surface area (Å²) in [5.41, 5.74) is 2.70. The Hall–Kier alpha value is -2.65. The van der Waals surface area contributed by atoms with Gasteiger partial charge in [-0.3, -0.25) is 0 Å². The van der Waals surface area contributed by atoms with E-state index in [0.717, 1.165) is 47.9 Å². The molecule has 0 radical (unpaired) electrons. The van der Waals surface area contributed by atoms with Crippen molar-refractivity contribution in [3.05, 3.63) is 35.0 Å². The lowest BCUT2D eigenvalue weighted by molar-refractivity contribution is -0.137. The number of nitrogens with zero attached hydrogens (tertiary/aromatic N) is 3. The van der Waals surface area contributed by atoms with Crippen LogP contribution in [0, 0.1) is 18.3 Å². The monoisotopic (exact) mass is 339 g/mol. The second-order valence-electron chi connectivity index (χ2n) is 6.03. The van der Waals surface area contributed by atoms with E-state index >= 15 is 0 Å². The van der Waals surface area contributed by atoms with Crippen LogP contribution in [0.2, 0.25) is 0 Å². The van der Waals surface area contributed by atoms with Gasteiger partial charge in [0.25, 0.3) is 0 Å². The van der Waals surface area contributed by atoms with E-state index in [1.54, 1.807) is 19.2 Å². The summed E-state index contributed by atoms with van der Waals surface area (Å²) in [4.78, 5) is 11.9. The number of carbonyl (C=O) groups is 1. The van der Waals surface area contributed by atoms with E-state index in [-0.39, 0.29) is 18.4 Å². The number of nitriles is 1. The third kappa shape index (κ3) is 3.42. The van der Waals surface area contributed by atoms with Gasteiger partial charge in [0.2, 0.25) is 0 Å². The third-order valence-corrected chi connectivity index (χ3v) is 4.37. The number of aromatic nitrogens is 2. The Morgan fingerprint density at radius 1 is 1.52 bits per heavy atom. The molecule has 1 aliphatic heterocycles. The van der Waals surface area contributed by atoms with E-state index in [9.17, 15) is 10.1 Å². The van der Waals surface area contributed by atoms with Crippen LogP contribution in [0.15, 0.2) is 23.9 Å². The maximum absolute atomic E-state index is 11.9. The fraction of sp³-hybridized carbons (Fsp3) is 0.421. The standard InChI is InChI=1S/C19H21N3O3/c1-3-24-19(23)14(11-20)10-15-13(2)7-8-17-16(15)12-21-22(17)18-6-4-5-9-25-18/h7-8,10,12,18H,3-6,9H2,1-2H3/b14-10+. The first kappa shape index (κ1) is 17.2. The second-order valence-corrected chi connectivity index (χ2v) is 6.03. The van der Waals surface area contributed by atoms with Gasteiger partial charge in [-0.05, 0) is 56.4 Å². The summed E-state index contributed by atoms with van der Waals surface area (Å²) in [6.07, 6.45) is 6.42. The zero-order valence-corrected chi connectivity index (χ0v) is 14.5. The van der Waals surface area contributed by atoms with Gasteiger partial charge in [-0.15, -0.1) is 0 Å². The quantitative estimate of drug-likeness (QED) is 0.484. The summed E-state index contributed by atoms with van der Waals surface area (Å²) in [6.45, 7) is 4.64. The lowest BCUT2D eigenvalue weighted by Crippen LogP contribution is -2.18. The van der Waals surface area contributed by atoms with Gasteiger partial charge in [-0.25, -0.2) is 9.48 Å². The van der Waals surface area contributed by atoms with Crippen LogP contribution in [0.4, 0.5) is 0 Å². The van der Waals surface area contributed by atoms with Gasteiger partial charge in [-0.1, -0.05) is 6.07 Å². The van der Waals surface area contributed by atoms with E-state index in [4.69, 9.17) is 9.47 Å². The van der Waals surface area contributed by atoms with Crippen molar-refractivity contribution in [2.75, 3.05) is 13.2 Å². The minimum atomic E-state index is -0.607. The Morgan fingerprint density at radius 2 is 2.36 bits per heavy atom. The number of hydrogen-bond acceptors (Lipinski definition) is 5. The maximum Gasteiger partial charge on any atom is 0.348 e. The number of carbonyl (C=O) groups excluding carboxylic acids is 1. The average Bonchev–Trinajstić information content (AvgIpc) is 3.06. The number of benzene rings is 1. The summed E-state index contributed by atoms with van der Waals surface area (Å²) in [5.74, 6) is -0.607.